The number of piperidine rings is 1. The first kappa shape index (κ1) is 28.7. The van der Waals surface area contributed by atoms with Crippen molar-refractivity contribution in [1.82, 2.24) is 9.62 Å². The Bertz CT molecular complexity index is 1090. The Morgan fingerprint density at radius 3 is 2.22 bits per heavy atom. The lowest BCUT2D eigenvalue weighted by molar-refractivity contribution is -0.137. The molecule has 0 spiro atoms. The summed E-state index contributed by atoms with van der Waals surface area (Å²) in [5, 5.41) is 0. The number of benzene rings is 1. The first-order valence-electron chi connectivity index (χ1n) is 11.8. The minimum Gasteiger partial charge on any atom is -0.444 e. The van der Waals surface area contributed by atoms with Crippen LogP contribution in [-0.2, 0) is 30.2 Å². The highest BCUT2D eigenvalue weighted by atomic mass is 32.2. The second kappa shape index (κ2) is 9.48. The van der Waals surface area contributed by atoms with E-state index in [2.05, 4.69) is 4.72 Å². The predicted molar refractivity (Wildman–Crippen MR) is 128 cm³/mol. The smallest absolute Gasteiger partial charge is 0.444 e. The molecular formula is C23H34BF3N2O6S. The Morgan fingerprint density at radius 1 is 1.11 bits per heavy atom. The van der Waals surface area contributed by atoms with Crippen LogP contribution in [0.3, 0.4) is 0 Å². The second-order valence-electron chi connectivity index (χ2n) is 11.3. The molecule has 0 saturated carbocycles. The van der Waals surface area contributed by atoms with Gasteiger partial charge in [-0.25, -0.2) is 17.9 Å². The lowest BCUT2D eigenvalue weighted by atomic mass is 9.78. The van der Waals surface area contributed by atoms with Gasteiger partial charge in [-0.15, -0.1) is 0 Å². The monoisotopic (exact) mass is 534 g/mol. The molecule has 1 amide bonds. The van der Waals surface area contributed by atoms with Gasteiger partial charge in [0.15, 0.2) is 0 Å². The van der Waals surface area contributed by atoms with Gasteiger partial charge in [-0.05, 0) is 78.9 Å². The number of nitrogens with zero attached hydrogens (tertiary/aromatic N) is 1. The van der Waals surface area contributed by atoms with Crippen molar-refractivity contribution in [3.63, 3.8) is 0 Å². The molecule has 2 aliphatic heterocycles. The van der Waals surface area contributed by atoms with Crippen molar-refractivity contribution < 1.29 is 40.4 Å². The number of carbonyl (C=O) groups is 1. The lowest BCUT2D eigenvalue weighted by Crippen LogP contribution is -2.50. The van der Waals surface area contributed by atoms with Crippen molar-refractivity contribution in [1.29, 1.82) is 0 Å². The van der Waals surface area contributed by atoms with Crippen LogP contribution in [0.25, 0.3) is 0 Å². The number of rotatable bonds is 4. The van der Waals surface area contributed by atoms with Gasteiger partial charge < -0.3 is 18.9 Å². The number of hydrogen-bond acceptors (Lipinski definition) is 6. The summed E-state index contributed by atoms with van der Waals surface area (Å²) in [6.45, 7) is 12.6. The number of likely N-dealkylation sites (tertiary alicyclic amines) is 1. The minimum absolute atomic E-state index is 0.0389. The van der Waals surface area contributed by atoms with Crippen LogP contribution in [0.2, 0.25) is 0 Å². The number of halogens is 3. The van der Waals surface area contributed by atoms with E-state index in [0.717, 1.165) is 12.1 Å². The summed E-state index contributed by atoms with van der Waals surface area (Å²) >= 11 is 0. The molecule has 202 valence electrons. The fraction of sp³-hybridized carbons (Fsp3) is 0.696. The Morgan fingerprint density at radius 2 is 1.69 bits per heavy atom. The van der Waals surface area contributed by atoms with Crippen LogP contribution in [0.1, 0.15) is 66.9 Å². The highest BCUT2D eigenvalue weighted by molar-refractivity contribution is 7.89. The average Bonchev–Trinajstić information content (AvgIpc) is 2.93. The number of hydrogen-bond donors (Lipinski definition) is 1. The fourth-order valence-electron chi connectivity index (χ4n) is 3.91. The Hall–Kier alpha value is -1.83. The van der Waals surface area contributed by atoms with Gasteiger partial charge >= 0.3 is 19.4 Å². The normalized spacial score (nSPS) is 22.6. The molecule has 2 fully saturated rings. The molecule has 1 atom stereocenters. The van der Waals surface area contributed by atoms with Crippen LogP contribution in [0, 0.1) is 0 Å². The number of nitrogens with one attached hydrogen (secondary N) is 1. The van der Waals surface area contributed by atoms with Crippen molar-refractivity contribution in [2.45, 2.75) is 95.2 Å². The van der Waals surface area contributed by atoms with E-state index < -0.39 is 62.7 Å². The fourth-order valence-corrected chi connectivity index (χ4v) is 5.25. The number of alkyl halides is 3. The third-order valence-electron chi connectivity index (χ3n) is 6.49. The molecule has 1 aromatic rings. The van der Waals surface area contributed by atoms with Crippen molar-refractivity contribution in [3.8, 4) is 0 Å². The van der Waals surface area contributed by atoms with Crippen LogP contribution < -0.4 is 10.2 Å². The highest BCUT2D eigenvalue weighted by Gasteiger charge is 2.52. The quantitative estimate of drug-likeness (QED) is 0.593. The third kappa shape index (κ3) is 6.53. The molecule has 1 N–H and O–H groups in total. The number of sulfonamides is 1. The zero-order valence-corrected chi connectivity index (χ0v) is 22.5. The standard InChI is InChI=1S/C23H34BF3N2O6S/c1-20(2,3)33-19(30)29-10-8-9-17(14-29)28-36(31,32)18-12-15(23(25,26)27)11-16(13-18)24-34-21(4,5)22(6,7)35-24/h11-13,17,28H,8-10,14H2,1-7H3/t17-/m1/s1. The van der Waals surface area contributed by atoms with E-state index >= 15 is 0 Å². The van der Waals surface area contributed by atoms with Gasteiger partial charge in [0.05, 0.1) is 21.7 Å². The second-order valence-corrected chi connectivity index (χ2v) is 13.0. The molecule has 3 rings (SSSR count). The molecule has 1 aromatic carbocycles. The summed E-state index contributed by atoms with van der Waals surface area (Å²) in [6.07, 6.45) is -4.44. The van der Waals surface area contributed by atoms with Crippen LogP contribution in [0.5, 0.6) is 0 Å². The van der Waals surface area contributed by atoms with E-state index in [1.807, 2.05) is 0 Å². The van der Waals surface area contributed by atoms with Crippen LogP contribution in [0.4, 0.5) is 18.0 Å². The molecule has 13 heteroatoms. The lowest BCUT2D eigenvalue weighted by Gasteiger charge is -2.34. The maximum absolute atomic E-state index is 13.7. The van der Waals surface area contributed by atoms with Crippen molar-refractivity contribution >= 4 is 28.7 Å². The van der Waals surface area contributed by atoms with E-state index in [1.54, 1.807) is 48.5 Å². The summed E-state index contributed by atoms with van der Waals surface area (Å²) in [5.41, 5.74) is -3.55. The van der Waals surface area contributed by atoms with Gasteiger partial charge in [0.25, 0.3) is 0 Å². The summed E-state index contributed by atoms with van der Waals surface area (Å²) in [4.78, 5) is 13.3. The Kier molecular flexibility index (Phi) is 7.57. The van der Waals surface area contributed by atoms with Crippen molar-refractivity contribution in [3.05, 3.63) is 23.8 Å². The molecule has 0 unspecified atom stereocenters. The molecule has 36 heavy (non-hydrogen) atoms. The topological polar surface area (TPSA) is 94.2 Å². The summed E-state index contributed by atoms with van der Waals surface area (Å²) in [5.74, 6) is 0. The van der Waals surface area contributed by atoms with Crippen molar-refractivity contribution in [2.24, 2.45) is 0 Å². The molecule has 2 heterocycles. The molecule has 2 aliphatic rings. The predicted octanol–water partition coefficient (Wildman–Crippen LogP) is 3.68. The molecule has 0 aliphatic carbocycles. The van der Waals surface area contributed by atoms with E-state index in [4.69, 9.17) is 14.0 Å². The van der Waals surface area contributed by atoms with E-state index in [-0.39, 0.29) is 12.0 Å². The van der Waals surface area contributed by atoms with Gasteiger partial charge in [-0.3, -0.25) is 0 Å². The molecule has 8 nitrogen and oxygen atoms in total. The van der Waals surface area contributed by atoms with Gasteiger partial charge in [-0.2, -0.15) is 13.2 Å². The molecule has 0 bridgehead atoms. The molecule has 2 saturated heterocycles. The van der Waals surface area contributed by atoms with Crippen molar-refractivity contribution in [2.75, 3.05) is 13.1 Å². The SMILES string of the molecule is CC(C)(C)OC(=O)N1CCC[C@@H](NS(=O)(=O)c2cc(B3OC(C)(C)C(C)(C)O3)cc(C(F)(F)F)c2)C1. The van der Waals surface area contributed by atoms with Crippen LogP contribution in [-0.4, -0.2) is 62.5 Å². The zero-order valence-electron chi connectivity index (χ0n) is 21.7. The first-order chi connectivity index (χ1) is 16.2. The third-order valence-corrected chi connectivity index (χ3v) is 7.99. The van der Waals surface area contributed by atoms with Gasteiger partial charge in [0.1, 0.15) is 5.60 Å². The average molecular weight is 534 g/mol. The van der Waals surface area contributed by atoms with Gasteiger partial charge in [-0.1, -0.05) is 6.07 Å². The molecule has 0 radical (unpaired) electrons. The van der Waals surface area contributed by atoms with E-state index in [1.165, 1.54) is 4.90 Å². The summed E-state index contributed by atoms with van der Waals surface area (Å²) < 4.78 is 87.1. The molecular weight excluding hydrogens is 500 g/mol. The maximum atomic E-state index is 13.7. The Balaban J connectivity index is 1.88. The Labute approximate surface area is 211 Å². The van der Waals surface area contributed by atoms with E-state index in [9.17, 15) is 26.4 Å². The highest BCUT2D eigenvalue weighted by Crippen LogP contribution is 2.37. The number of ether oxygens (including phenoxy) is 1. The number of amides is 1. The summed E-state index contributed by atoms with van der Waals surface area (Å²) in [6, 6.07) is 1.87. The van der Waals surface area contributed by atoms with Crippen LogP contribution in [0.15, 0.2) is 23.1 Å². The van der Waals surface area contributed by atoms with Crippen LogP contribution >= 0.6 is 0 Å². The van der Waals surface area contributed by atoms with Gasteiger partial charge in [0.2, 0.25) is 10.0 Å². The maximum Gasteiger partial charge on any atom is 0.494 e. The van der Waals surface area contributed by atoms with E-state index in [0.29, 0.717) is 25.5 Å². The first-order valence-corrected chi connectivity index (χ1v) is 13.3. The largest absolute Gasteiger partial charge is 0.494 e. The zero-order chi connectivity index (χ0) is 27.3. The number of carbonyl (C=O) groups excluding carboxylic acids is 1. The minimum atomic E-state index is -4.79. The molecule has 0 aromatic heterocycles. The summed E-state index contributed by atoms with van der Waals surface area (Å²) in [7, 11) is -5.55. The van der Waals surface area contributed by atoms with Gasteiger partial charge in [0, 0.05) is 19.1 Å².